The number of nitrogens with two attached hydrogens (primary N) is 1. The first-order valence-corrected chi connectivity index (χ1v) is 7.31. The smallest absolute Gasteiger partial charge is 0.237 e. The molecule has 2 aliphatic rings. The average molecular weight is 279 g/mol. The summed E-state index contributed by atoms with van der Waals surface area (Å²) in [4.78, 5) is 14.3. The van der Waals surface area contributed by atoms with Gasteiger partial charge in [0.05, 0.1) is 0 Å². The molecular formula is C15H19ClN2O. The van der Waals surface area contributed by atoms with Crippen molar-refractivity contribution in [3.8, 4) is 0 Å². The second-order valence-corrected chi connectivity index (χ2v) is 6.17. The number of piperidine rings is 1. The van der Waals surface area contributed by atoms with Crippen LogP contribution in [0.2, 0.25) is 5.02 Å². The third kappa shape index (κ3) is 2.15. The topological polar surface area (TPSA) is 46.3 Å². The summed E-state index contributed by atoms with van der Waals surface area (Å²) in [5, 5.41) is 0.745. The second-order valence-electron chi connectivity index (χ2n) is 5.73. The van der Waals surface area contributed by atoms with E-state index in [1.165, 1.54) is 12.0 Å². The first-order chi connectivity index (χ1) is 9.12. The molecule has 3 rings (SSSR count). The summed E-state index contributed by atoms with van der Waals surface area (Å²) in [6, 6.07) is 8.38. The Labute approximate surface area is 118 Å². The van der Waals surface area contributed by atoms with Crippen molar-refractivity contribution in [1.82, 2.24) is 4.90 Å². The molecule has 2 fully saturated rings. The zero-order valence-corrected chi connectivity index (χ0v) is 11.7. The third-order valence-corrected chi connectivity index (χ3v) is 4.99. The Hall–Kier alpha value is -1.06. The molecule has 2 unspecified atom stereocenters. The third-order valence-electron chi connectivity index (χ3n) is 4.73. The summed E-state index contributed by atoms with van der Waals surface area (Å²) in [5.41, 5.74) is 6.50. The van der Waals surface area contributed by atoms with E-state index < -0.39 is 5.54 Å². The molecule has 2 N–H and O–H groups in total. The zero-order chi connectivity index (χ0) is 13.5. The fraction of sp³-hybridized carbons (Fsp3) is 0.533. The number of carbonyl (C=O) groups is 1. The Morgan fingerprint density at radius 2 is 2.05 bits per heavy atom. The van der Waals surface area contributed by atoms with Crippen LogP contribution in [0.5, 0.6) is 0 Å². The number of amides is 1. The molecule has 2 atom stereocenters. The molecule has 2 aliphatic heterocycles. The van der Waals surface area contributed by atoms with E-state index in [4.69, 9.17) is 17.3 Å². The van der Waals surface area contributed by atoms with Crippen LogP contribution < -0.4 is 5.73 Å². The highest BCUT2D eigenvalue weighted by molar-refractivity contribution is 6.30. The summed E-state index contributed by atoms with van der Waals surface area (Å²) >= 11 is 5.91. The summed E-state index contributed by atoms with van der Waals surface area (Å²) < 4.78 is 0. The standard InChI is InChI=1S/C15H19ClN2O/c16-12-5-3-11(4-6-12)10-18-13-2-1-8-15(18,9-7-13)14(17)19/h3-6,13H,1-2,7-10H2,(H2,17,19). The van der Waals surface area contributed by atoms with E-state index in [1.807, 2.05) is 24.3 Å². The Morgan fingerprint density at radius 1 is 1.32 bits per heavy atom. The number of hydrogen-bond donors (Lipinski definition) is 1. The Bertz CT molecular complexity index is 483. The Balaban J connectivity index is 1.86. The minimum Gasteiger partial charge on any atom is -0.368 e. The minimum absolute atomic E-state index is 0.149. The van der Waals surface area contributed by atoms with Gasteiger partial charge in [0.2, 0.25) is 5.91 Å². The highest BCUT2D eigenvalue weighted by atomic mass is 35.5. The van der Waals surface area contributed by atoms with Gasteiger partial charge >= 0.3 is 0 Å². The molecule has 2 bridgehead atoms. The van der Waals surface area contributed by atoms with Gasteiger partial charge in [0.15, 0.2) is 0 Å². The molecule has 0 aliphatic carbocycles. The molecule has 102 valence electrons. The number of halogens is 1. The van der Waals surface area contributed by atoms with Gasteiger partial charge in [0, 0.05) is 17.6 Å². The number of primary amides is 1. The van der Waals surface area contributed by atoms with Crippen LogP contribution in [0, 0.1) is 0 Å². The van der Waals surface area contributed by atoms with Crippen LogP contribution in [-0.2, 0) is 11.3 Å². The number of rotatable bonds is 3. The van der Waals surface area contributed by atoms with Crippen LogP contribution in [0.25, 0.3) is 0 Å². The molecule has 2 heterocycles. The maximum atomic E-state index is 11.9. The first kappa shape index (κ1) is 12.9. The van der Waals surface area contributed by atoms with Crippen molar-refractivity contribution in [3.63, 3.8) is 0 Å². The van der Waals surface area contributed by atoms with Crippen molar-refractivity contribution in [2.75, 3.05) is 0 Å². The lowest BCUT2D eigenvalue weighted by atomic mass is 9.87. The lowest BCUT2D eigenvalue weighted by Gasteiger charge is -2.42. The first-order valence-electron chi connectivity index (χ1n) is 6.93. The highest BCUT2D eigenvalue weighted by Crippen LogP contribution is 2.44. The Morgan fingerprint density at radius 3 is 2.74 bits per heavy atom. The van der Waals surface area contributed by atoms with Crippen LogP contribution in [0.1, 0.15) is 37.7 Å². The van der Waals surface area contributed by atoms with Crippen molar-refractivity contribution in [2.45, 2.75) is 50.2 Å². The number of carbonyl (C=O) groups excluding carboxylic acids is 1. The largest absolute Gasteiger partial charge is 0.368 e. The van der Waals surface area contributed by atoms with Crippen LogP contribution in [0.15, 0.2) is 24.3 Å². The molecule has 1 aromatic carbocycles. The molecule has 3 nitrogen and oxygen atoms in total. The van der Waals surface area contributed by atoms with Gasteiger partial charge in [-0.1, -0.05) is 23.7 Å². The summed E-state index contributed by atoms with van der Waals surface area (Å²) in [6.45, 7) is 0.796. The predicted molar refractivity (Wildman–Crippen MR) is 75.8 cm³/mol. The molecule has 4 heteroatoms. The predicted octanol–water partition coefficient (Wildman–Crippen LogP) is 2.71. The quantitative estimate of drug-likeness (QED) is 0.924. The van der Waals surface area contributed by atoms with Crippen molar-refractivity contribution in [1.29, 1.82) is 0 Å². The fourth-order valence-electron chi connectivity index (χ4n) is 3.71. The molecular weight excluding hydrogens is 260 g/mol. The van der Waals surface area contributed by atoms with E-state index in [9.17, 15) is 4.79 Å². The van der Waals surface area contributed by atoms with Crippen LogP contribution >= 0.6 is 11.6 Å². The SMILES string of the molecule is NC(=O)C12CCCC(CC1)N2Cc1ccc(Cl)cc1. The number of fused-ring (bicyclic) bond motifs is 2. The molecule has 19 heavy (non-hydrogen) atoms. The van der Waals surface area contributed by atoms with Crippen LogP contribution in [-0.4, -0.2) is 22.4 Å². The van der Waals surface area contributed by atoms with Crippen molar-refractivity contribution < 1.29 is 4.79 Å². The number of benzene rings is 1. The molecule has 1 aromatic rings. The van der Waals surface area contributed by atoms with Gasteiger partial charge in [-0.3, -0.25) is 9.69 Å². The van der Waals surface area contributed by atoms with Crippen molar-refractivity contribution in [2.24, 2.45) is 5.73 Å². The van der Waals surface area contributed by atoms with E-state index >= 15 is 0 Å². The summed E-state index contributed by atoms with van der Waals surface area (Å²) in [6.07, 6.45) is 5.22. The van der Waals surface area contributed by atoms with E-state index in [1.54, 1.807) is 0 Å². The van der Waals surface area contributed by atoms with E-state index in [2.05, 4.69) is 4.90 Å². The fourth-order valence-corrected chi connectivity index (χ4v) is 3.83. The van der Waals surface area contributed by atoms with Crippen molar-refractivity contribution in [3.05, 3.63) is 34.9 Å². The van der Waals surface area contributed by atoms with E-state index in [-0.39, 0.29) is 5.91 Å². The lowest BCUT2D eigenvalue weighted by molar-refractivity contribution is -0.132. The molecule has 0 radical (unpaired) electrons. The molecule has 0 saturated carbocycles. The molecule has 0 aromatic heterocycles. The van der Waals surface area contributed by atoms with Gasteiger partial charge in [-0.15, -0.1) is 0 Å². The molecule has 2 saturated heterocycles. The second kappa shape index (κ2) is 4.80. The average Bonchev–Trinajstić information content (AvgIpc) is 2.60. The summed E-state index contributed by atoms with van der Waals surface area (Å²) in [7, 11) is 0. The number of hydrogen-bond acceptors (Lipinski definition) is 2. The Kier molecular flexibility index (Phi) is 3.27. The van der Waals surface area contributed by atoms with Crippen molar-refractivity contribution >= 4 is 17.5 Å². The van der Waals surface area contributed by atoms with Crippen LogP contribution in [0.3, 0.4) is 0 Å². The van der Waals surface area contributed by atoms with Gasteiger partial charge in [0.1, 0.15) is 5.54 Å². The van der Waals surface area contributed by atoms with E-state index in [0.29, 0.717) is 6.04 Å². The maximum absolute atomic E-state index is 11.9. The molecule has 1 amide bonds. The van der Waals surface area contributed by atoms with E-state index in [0.717, 1.165) is 37.3 Å². The minimum atomic E-state index is -0.400. The normalized spacial score (nSPS) is 30.5. The lowest BCUT2D eigenvalue weighted by Crippen LogP contribution is -2.57. The van der Waals surface area contributed by atoms with Crippen LogP contribution in [0.4, 0.5) is 0 Å². The van der Waals surface area contributed by atoms with Gasteiger partial charge in [-0.2, -0.15) is 0 Å². The molecule has 0 spiro atoms. The monoisotopic (exact) mass is 278 g/mol. The highest BCUT2D eigenvalue weighted by Gasteiger charge is 2.52. The van der Waals surface area contributed by atoms with Gasteiger partial charge in [-0.25, -0.2) is 0 Å². The van der Waals surface area contributed by atoms with Gasteiger partial charge in [-0.05, 0) is 49.8 Å². The van der Waals surface area contributed by atoms with Gasteiger partial charge in [0.25, 0.3) is 0 Å². The number of nitrogens with zero attached hydrogens (tertiary/aromatic N) is 1. The summed E-state index contributed by atoms with van der Waals surface area (Å²) in [5.74, 6) is -0.149. The zero-order valence-electron chi connectivity index (χ0n) is 10.9. The van der Waals surface area contributed by atoms with Gasteiger partial charge < -0.3 is 5.73 Å². The maximum Gasteiger partial charge on any atom is 0.237 e.